The van der Waals surface area contributed by atoms with Crippen molar-refractivity contribution in [3.05, 3.63) is 294 Å². The molecule has 0 aromatic heterocycles. The van der Waals surface area contributed by atoms with Gasteiger partial charge in [0.15, 0.2) is 0 Å². The third-order valence-corrected chi connectivity index (χ3v) is 14.4. The molecule has 0 saturated heterocycles. The SMILES string of the molecule is c1ccc(-c2ccc(N(c3ccc(-c4ccccc4)cc3)c3ccc(-c4cc5c6c(cccc6c4)C54c5ccccc5-c5ccccc5Cc5ccccc5-c5ccccc54)cc3)cc2)cc1. The van der Waals surface area contributed by atoms with Crippen LogP contribution >= 0.6 is 0 Å². The minimum absolute atomic E-state index is 0.510. The Balaban J connectivity index is 0.967. The molecular weight excluding hydrogens is 807 g/mol. The smallest absolute Gasteiger partial charge is 0.0725 e. The molecule has 2 aliphatic rings. The Kier molecular flexibility index (Phi) is 9.21. The molecule has 0 saturated carbocycles. The number of hydrogen-bond acceptors (Lipinski definition) is 1. The van der Waals surface area contributed by atoms with Crippen molar-refractivity contribution in [3.8, 4) is 55.6 Å². The average molecular weight is 852 g/mol. The summed E-state index contributed by atoms with van der Waals surface area (Å²) in [5.74, 6) is 0. The second kappa shape index (κ2) is 15.9. The number of hydrogen-bond donors (Lipinski definition) is 0. The molecule has 0 heterocycles. The lowest BCUT2D eigenvalue weighted by molar-refractivity contribution is 0.726. The van der Waals surface area contributed by atoms with Crippen LogP contribution in [-0.4, -0.2) is 0 Å². The summed E-state index contributed by atoms with van der Waals surface area (Å²) in [6, 6.07) is 96.6. The van der Waals surface area contributed by atoms with Crippen molar-refractivity contribution in [1.29, 1.82) is 0 Å². The zero-order valence-electron chi connectivity index (χ0n) is 37.0. The van der Waals surface area contributed by atoms with Crippen molar-refractivity contribution in [2.45, 2.75) is 11.8 Å². The Hall–Kier alpha value is -8.52. The van der Waals surface area contributed by atoms with Gasteiger partial charge in [-0.2, -0.15) is 0 Å². The first-order valence-corrected chi connectivity index (χ1v) is 23.4. The second-order valence-corrected chi connectivity index (χ2v) is 18.0. The normalized spacial score (nSPS) is 12.8. The summed E-state index contributed by atoms with van der Waals surface area (Å²) in [5.41, 5.74) is 23.3. The number of rotatable bonds is 6. The molecule has 1 heteroatoms. The van der Waals surface area contributed by atoms with E-state index in [1.165, 1.54) is 99.8 Å². The fraction of sp³-hybridized carbons (Fsp3) is 0.0303. The molecular formula is C66H45N. The zero-order chi connectivity index (χ0) is 44.3. The van der Waals surface area contributed by atoms with Crippen LogP contribution in [0.5, 0.6) is 0 Å². The van der Waals surface area contributed by atoms with E-state index in [1.807, 2.05) is 0 Å². The predicted octanol–water partition coefficient (Wildman–Crippen LogP) is 17.2. The van der Waals surface area contributed by atoms with Gasteiger partial charge in [-0.15, -0.1) is 0 Å². The van der Waals surface area contributed by atoms with E-state index in [4.69, 9.17) is 0 Å². The van der Waals surface area contributed by atoms with Crippen molar-refractivity contribution in [2.24, 2.45) is 0 Å². The van der Waals surface area contributed by atoms with Crippen LogP contribution in [-0.2, 0) is 11.8 Å². The minimum atomic E-state index is -0.510. The second-order valence-electron chi connectivity index (χ2n) is 18.0. The van der Waals surface area contributed by atoms with Gasteiger partial charge in [0, 0.05) is 17.1 Å². The van der Waals surface area contributed by atoms with Gasteiger partial charge in [-0.25, -0.2) is 0 Å². The predicted molar refractivity (Wildman–Crippen MR) is 280 cm³/mol. The molecule has 11 aromatic rings. The molecule has 0 bridgehead atoms. The maximum absolute atomic E-state index is 2.50. The summed E-state index contributed by atoms with van der Waals surface area (Å²) >= 11 is 0. The summed E-state index contributed by atoms with van der Waals surface area (Å²) in [4.78, 5) is 2.37. The van der Waals surface area contributed by atoms with E-state index in [0.29, 0.717) is 0 Å². The topological polar surface area (TPSA) is 3.24 Å². The third kappa shape index (κ3) is 6.31. The van der Waals surface area contributed by atoms with Gasteiger partial charge in [-0.3, -0.25) is 0 Å². The summed E-state index contributed by atoms with van der Waals surface area (Å²) in [7, 11) is 0. The number of fused-ring (bicyclic) bond motifs is 10. The van der Waals surface area contributed by atoms with E-state index in [0.717, 1.165) is 23.5 Å². The molecule has 314 valence electrons. The van der Waals surface area contributed by atoms with Crippen LogP contribution < -0.4 is 4.90 Å². The highest BCUT2D eigenvalue weighted by molar-refractivity contribution is 6.05. The molecule has 0 N–H and O–H groups in total. The van der Waals surface area contributed by atoms with Gasteiger partial charge in [0.05, 0.1) is 5.41 Å². The molecule has 0 radical (unpaired) electrons. The van der Waals surface area contributed by atoms with Crippen LogP contribution in [0.15, 0.2) is 261 Å². The van der Waals surface area contributed by atoms with E-state index in [9.17, 15) is 0 Å². The fourth-order valence-corrected chi connectivity index (χ4v) is 11.3. The Morgan fingerprint density at radius 1 is 0.269 bits per heavy atom. The lowest BCUT2D eigenvalue weighted by atomic mass is 9.53. The van der Waals surface area contributed by atoms with Crippen LogP contribution in [0.25, 0.3) is 66.4 Å². The van der Waals surface area contributed by atoms with Gasteiger partial charge in [-0.1, -0.05) is 212 Å². The van der Waals surface area contributed by atoms with Gasteiger partial charge in [0.2, 0.25) is 0 Å². The quantitative estimate of drug-likeness (QED) is 0.161. The molecule has 0 aliphatic heterocycles. The first kappa shape index (κ1) is 38.9. The van der Waals surface area contributed by atoms with Crippen molar-refractivity contribution >= 4 is 27.8 Å². The van der Waals surface area contributed by atoms with E-state index in [-0.39, 0.29) is 0 Å². The van der Waals surface area contributed by atoms with Gasteiger partial charge in [0.25, 0.3) is 0 Å². The van der Waals surface area contributed by atoms with Crippen molar-refractivity contribution in [1.82, 2.24) is 0 Å². The van der Waals surface area contributed by atoms with Crippen LogP contribution in [0.1, 0.15) is 33.4 Å². The first-order valence-electron chi connectivity index (χ1n) is 23.4. The number of nitrogens with zero attached hydrogens (tertiary/aromatic N) is 1. The summed E-state index contributed by atoms with van der Waals surface area (Å²) in [6.07, 6.45) is 0.865. The van der Waals surface area contributed by atoms with E-state index in [2.05, 4.69) is 266 Å². The summed E-state index contributed by atoms with van der Waals surface area (Å²) in [6.45, 7) is 0. The Labute approximate surface area is 392 Å². The monoisotopic (exact) mass is 851 g/mol. The van der Waals surface area contributed by atoms with Crippen LogP contribution in [0.2, 0.25) is 0 Å². The van der Waals surface area contributed by atoms with Crippen molar-refractivity contribution in [3.63, 3.8) is 0 Å². The highest BCUT2D eigenvalue weighted by Gasteiger charge is 2.50. The molecule has 0 atom stereocenters. The Morgan fingerprint density at radius 3 is 1.15 bits per heavy atom. The third-order valence-electron chi connectivity index (χ3n) is 14.4. The number of benzene rings is 11. The van der Waals surface area contributed by atoms with E-state index in [1.54, 1.807) is 0 Å². The molecule has 13 rings (SSSR count). The summed E-state index contributed by atoms with van der Waals surface area (Å²) in [5, 5.41) is 2.63. The van der Waals surface area contributed by atoms with Gasteiger partial charge in [0.1, 0.15) is 0 Å². The molecule has 0 fully saturated rings. The Morgan fingerprint density at radius 2 is 0.657 bits per heavy atom. The van der Waals surface area contributed by atoms with Gasteiger partial charge >= 0.3 is 0 Å². The summed E-state index contributed by atoms with van der Waals surface area (Å²) < 4.78 is 0. The molecule has 0 amide bonds. The molecule has 11 aromatic carbocycles. The fourth-order valence-electron chi connectivity index (χ4n) is 11.3. The average Bonchev–Trinajstić information content (AvgIpc) is 3.40. The van der Waals surface area contributed by atoms with Crippen molar-refractivity contribution < 1.29 is 0 Å². The van der Waals surface area contributed by atoms with Crippen LogP contribution in [0.4, 0.5) is 17.1 Å². The van der Waals surface area contributed by atoms with Crippen molar-refractivity contribution in [2.75, 3.05) is 4.90 Å². The standard InChI is InChI=1S/C66H45N/c1-3-16-45(17-4-1)47-30-36-54(37-31-47)67(55-38-32-48(33-39-55)46-18-5-2-6-19-46)56-40-34-49(35-41-56)53-43-52-22-15-29-63-65(52)64(44-53)66(63)61-27-13-11-25-59(61)57-23-9-7-20-50(57)42-51-21-8-10-24-58(51)60-26-12-14-28-62(60)66/h1-41,43-44H,42H2. The maximum atomic E-state index is 2.50. The molecule has 1 nitrogen and oxygen atoms in total. The van der Waals surface area contributed by atoms with Gasteiger partial charge in [-0.05, 0) is 155 Å². The zero-order valence-corrected chi connectivity index (χ0v) is 37.0. The van der Waals surface area contributed by atoms with Gasteiger partial charge < -0.3 is 4.90 Å². The number of anilines is 3. The largest absolute Gasteiger partial charge is 0.311 e. The minimum Gasteiger partial charge on any atom is -0.311 e. The van der Waals surface area contributed by atoms with E-state index >= 15 is 0 Å². The van der Waals surface area contributed by atoms with E-state index < -0.39 is 5.41 Å². The first-order chi connectivity index (χ1) is 33.2. The lowest BCUT2D eigenvalue weighted by Crippen LogP contribution is -2.39. The van der Waals surface area contributed by atoms with Crippen LogP contribution in [0, 0.1) is 0 Å². The maximum Gasteiger partial charge on any atom is 0.0725 e. The molecule has 2 aliphatic carbocycles. The molecule has 67 heavy (non-hydrogen) atoms. The molecule has 0 unspecified atom stereocenters. The lowest BCUT2D eigenvalue weighted by Gasteiger charge is -2.48. The highest BCUT2D eigenvalue weighted by Crippen LogP contribution is 2.61. The van der Waals surface area contributed by atoms with Crippen LogP contribution in [0.3, 0.4) is 0 Å². The Bertz CT molecular complexity index is 3450. The molecule has 1 spiro atoms. The highest BCUT2D eigenvalue weighted by atomic mass is 15.1.